The number of nitrogens with zero attached hydrogens (tertiary/aromatic N) is 1. The molecular weight excluding hydrogens is 249 g/mol. The van der Waals surface area contributed by atoms with Crippen LogP contribution in [0.15, 0.2) is 24.3 Å². The lowest BCUT2D eigenvalue weighted by molar-refractivity contribution is -0.140. The first kappa shape index (κ1) is 15.4. The first-order valence-electron chi connectivity index (χ1n) is 6.26. The number of para-hydroxylation sites is 1. The molecule has 0 aliphatic carbocycles. The molecule has 0 saturated carbocycles. The molecule has 19 heavy (non-hydrogen) atoms. The van der Waals surface area contributed by atoms with Crippen LogP contribution in [0.25, 0.3) is 0 Å². The van der Waals surface area contributed by atoms with Gasteiger partial charge in [-0.2, -0.15) is 0 Å². The Morgan fingerprint density at radius 1 is 1.32 bits per heavy atom. The highest BCUT2D eigenvalue weighted by molar-refractivity contribution is 5.69. The Hall–Kier alpha value is -1.62. The van der Waals surface area contributed by atoms with Crippen LogP contribution in [0.1, 0.15) is 12.8 Å². The molecule has 0 N–H and O–H groups in total. The highest BCUT2D eigenvalue weighted by atomic mass is 19.1. The molecule has 0 radical (unpaired) electrons. The predicted molar refractivity (Wildman–Crippen MR) is 70.6 cm³/mol. The summed E-state index contributed by atoms with van der Waals surface area (Å²) < 4.78 is 23.2. The lowest BCUT2D eigenvalue weighted by Gasteiger charge is -2.16. The van der Waals surface area contributed by atoms with Crippen LogP contribution in [-0.4, -0.2) is 44.7 Å². The highest BCUT2D eigenvalue weighted by Gasteiger charge is 2.04. The van der Waals surface area contributed by atoms with E-state index in [1.807, 2.05) is 11.9 Å². The van der Waals surface area contributed by atoms with Crippen molar-refractivity contribution in [3.8, 4) is 5.75 Å². The number of rotatable bonds is 8. The third kappa shape index (κ3) is 6.20. The second kappa shape index (κ2) is 8.48. The van der Waals surface area contributed by atoms with Crippen molar-refractivity contribution < 1.29 is 18.7 Å². The maximum Gasteiger partial charge on any atom is 0.305 e. The van der Waals surface area contributed by atoms with E-state index in [2.05, 4.69) is 4.74 Å². The third-order valence-electron chi connectivity index (χ3n) is 2.72. The lowest BCUT2D eigenvalue weighted by atomic mass is 10.3. The van der Waals surface area contributed by atoms with Gasteiger partial charge in [0.2, 0.25) is 0 Å². The summed E-state index contributed by atoms with van der Waals surface area (Å²) >= 11 is 0. The van der Waals surface area contributed by atoms with Crippen LogP contribution in [0.4, 0.5) is 4.39 Å². The van der Waals surface area contributed by atoms with E-state index in [0.717, 1.165) is 13.0 Å². The van der Waals surface area contributed by atoms with E-state index < -0.39 is 0 Å². The molecule has 0 aliphatic rings. The number of benzene rings is 1. The second-order valence-corrected chi connectivity index (χ2v) is 4.26. The zero-order valence-electron chi connectivity index (χ0n) is 11.4. The topological polar surface area (TPSA) is 38.8 Å². The molecule has 1 aromatic rings. The molecule has 0 fully saturated rings. The van der Waals surface area contributed by atoms with E-state index in [4.69, 9.17) is 4.74 Å². The van der Waals surface area contributed by atoms with Gasteiger partial charge in [-0.25, -0.2) is 4.39 Å². The zero-order chi connectivity index (χ0) is 14.1. The van der Waals surface area contributed by atoms with Crippen LogP contribution in [0.2, 0.25) is 0 Å². The Labute approximate surface area is 113 Å². The van der Waals surface area contributed by atoms with Gasteiger partial charge >= 0.3 is 5.97 Å². The predicted octanol–water partition coefficient (Wildman–Crippen LogP) is 2.09. The van der Waals surface area contributed by atoms with Gasteiger partial charge in [-0.1, -0.05) is 12.1 Å². The summed E-state index contributed by atoms with van der Waals surface area (Å²) in [5, 5.41) is 0. The largest absolute Gasteiger partial charge is 0.489 e. The van der Waals surface area contributed by atoms with Gasteiger partial charge in [-0.05, 0) is 32.1 Å². The normalized spacial score (nSPS) is 10.5. The van der Waals surface area contributed by atoms with E-state index in [-0.39, 0.29) is 17.5 Å². The van der Waals surface area contributed by atoms with Gasteiger partial charge < -0.3 is 14.4 Å². The molecule has 0 atom stereocenters. The van der Waals surface area contributed by atoms with Crippen LogP contribution in [0.5, 0.6) is 5.75 Å². The van der Waals surface area contributed by atoms with Crippen LogP contribution in [-0.2, 0) is 9.53 Å². The van der Waals surface area contributed by atoms with Crippen molar-refractivity contribution in [2.45, 2.75) is 12.8 Å². The first-order valence-corrected chi connectivity index (χ1v) is 6.26. The zero-order valence-corrected chi connectivity index (χ0v) is 11.4. The first-order chi connectivity index (χ1) is 9.13. The van der Waals surface area contributed by atoms with Gasteiger partial charge in [0.15, 0.2) is 11.6 Å². The van der Waals surface area contributed by atoms with Crippen molar-refractivity contribution in [2.24, 2.45) is 0 Å². The molecule has 0 heterocycles. The number of esters is 1. The summed E-state index contributed by atoms with van der Waals surface area (Å²) in [4.78, 5) is 13.0. The van der Waals surface area contributed by atoms with Crippen molar-refractivity contribution in [1.29, 1.82) is 0 Å². The molecule has 1 aromatic carbocycles. The van der Waals surface area contributed by atoms with Gasteiger partial charge in [0.05, 0.1) is 7.11 Å². The number of hydrogen-bond acceptors (Lipinski definition) is 4. The van der Waals surface area contributed by atoms with Crippen LogP contribution < -0.4 is 4.74 Å². The fourth-order valence-corrected chi connectivity index (χ4v) is 1.58. The molecule has 0 bridgehead atoms. The Kier molecular flexibility index (Phi) is 6.89. The fourth-order valence-electron chi connectivity index (χ4n) is 1.58. The lowest BCUT2D eigenvalue weighted by Crippen LogP contribution is -2.26. The maximum atomic E-state index is 13.3. The van der Waals surface area contributed by atoms with Gasteiger partial charge in [0, 0.05) is 13.0 Å². The summed E-state index contributed by atoms with van der Waals surface area (Å²) in [7, 11) is 3.32. The Balaban J connectivity index is 2.15. The van der Waals surface area contributed by atoms with Gasteiger partial charge in [0.1, 0.15) is 6.61 Å². The number of carbonyl (C=O) groups is 1. The molecule has 5 heteroatoms. The van der Waals surface area contributed by atoms with Gasteiger partial charge in [0.25, 0.3) is 0 Å². The minimum absolute atomic E-state index is 0.198. The van der Waals surface area contributed by atoms with Crippen molar-refractivity contribution in [1.82, 2.24) is 4.90 Å². The summed E-state index contributed by atoms with van der Waals surface area (Å²) in [6, 6.07) is 6.33. The number of carbonyl (C=O) groups excluding carboxylic acids is 1. The second-order valence-electron chi connectivity index (χ2n) is 4.26. The molecule has 0 unspecified atom stereocenters. The van der Waals surface area contributed by atoms with Crippen molar-refractivity contribution in [3.63, 3.8) is 0 Å². The van der Waals surface area contributed by atoms with Gasteiger partial charge in [-0.3, -0.25) is 4.79 Å². The van der Waals surface area contributed by atoms with Crippen LogP contribution in [0.3, 0.4) is 0 Å². The molecule has 4 nitrogen and oxygen atoms in total. The monoisotopic (exact) mass is 269 g/mol. The average Bonchev–Trinajstić information content (AvgIpc) is 2.40. The molecule has 1 rings (SSSR count). The van der Waals surface area contributed by atoms with E-state index >= 15 is 0 Å². The molecule has 0 saturated heterocycles. The van der Waals surface area contributed by atoms with Gasteiger partial charge in [-0.15, -0.1) is 0 Å². The number of halogens is 1. The molecular formula is C14H20FNO3. The summed E-state index contributed by atoms with van der Waals surface area (Å²) in [5.41, 5.74) is 0. The Morgan fingerprint density at radius 2 is 2.05 bits per heavy atom. The molecule has 0 amide bonds. The fraction of sp³-hybridized carbons (Fsp3) is 0.500. The van der Waals surface area contributed by atoms with Crippen LogP contribution >= 0.6 is 0 Å². The molecule has 0 spiro atoms. The number of ether oxygens (including phenoxy) is 2. The number of likely N-dealkylation sites (N-methyl/N-ethyl adjacent to an activating group) is 1. The average molecular weight is 269 g/mol. The maximum absolute atomic E-state index is 13.3. The Morgan fingerprint density at radius 3 is 2.74 bits per heavy atom. The summed E-state index contributed by atoms with van der Waals surface area (Å²) in [6.07, 6.45) is 1.15. The number of methoxy groups -OCH3 is 1. The Bertz CT molecular complexity index is 398. The molecule has 106 valence electrons. The van der Waals surface area contributed by atoms with Crippen LogP contribution in [0, 0.1) is 5.82 Å². The highest BCUT2D eigenvalue weighted by Crippen LogP contribution is 2.14. The third-order valence-corrected chi connectivity index (χ3v) is 2.72. The molecule has 0 aromatic heterocycles. The van der Waals surface area contributed by atoms with E-state index in [9.17, 15) is 9.18 Å². The van der Waals surface area contributed by atoms with E-state index in [1.165, 1.54) is 13.2 Å². The minimum Gasteiger partial charge on any atom is -0.489 e. The smallest absolute Gasteiger partial charge is 0.305 e. The summed E-state index contributed by atoms with van der Waals surface area (Å²) in [6.45, 7) is 1.86. The molecule has 0 aliphatic heterocycles. The summed E-state index contributed by atoms with van der Waals surface area (Å²) in [5.74, 6) is -0.280. The van der Waals surface area contributed by atoms with E-state index in [0.29, 0.717) is 19.6 Å². The quantitative estimate of drug-likeness (QED) is 0.677. The van der Waals surface area contributed by atoms with E-state index in [1.54, 1.807) is 18.2 Å². The standard InChI is InChI=1S/C14H20FNO3/c1-16(9-5-8-14(17)18-2)10-11-19-13-7-4-3-6-12(13)15/h3-4,6-7H,5,8-11H2,1-2H3. The van der Waals surface area contributed by atoms with Crippen molar-refractivity contribution >= 4 is 5.97 Å². The SMILES string of the molecule is COC(=O)CCCN(C)CCOc1ccccc1F. The number of hydrogen-bond donors (Lipinski definition) is 0. The minimum atomic E-state index is -0.351. The van der Waals surface area contributed by atoms with Crippen molar-refractivity contribution in [2.75, 3.05) is 33.9 Å². The van der Waals surface area contributed by atoms with Crippen molar-refractivity contribution in [3.05, 3.63) is 30.1 Å².